The zero-order valence-electron chi connectivity index (χ0n) is 11.6. The summed E-state index contributed by atoms with van der Waals surface area (Å²) >= 11 is 0. The zero-order chi connectivity index (χ0) is 14.1. The van der Waals surface area contributed by atoms with Crippen LogP contribution in [0.2, 0.25) is 0 Å². The summed E-state index contributed by atoms with van der Waals surface area (Å²) in [4.78, 5) is 11.9. The molecule has 1 amide bonds. The summed E-state index contributed by atoms with van der Waals surface area (Å²) in [6, 6.07) is 5.41. The minimum atomic E-state index is -0.144. The number of amides is 1. The van der Waals surface area contributed by atoms with Gasteiger partial charge in [-0.05, 0) is 31.0 Å². The van der Waals surface area contributed by atoms with E-state index in [0.717, 1.165) is 12.0 Å². The second-order valence-electron chi connectivity index (χ2n) is 4.31. The number of ether oxygens (including phenoxy) is 2. The molecular formula is C14H22N2O3. The first-order chi connectivity index (χ1) is 9.15. The minimum absolute atomic E-state index is 0.144. The first-order valence-electron chi connectivity index (χ1n) is 6.36. The third-order valence-corrected chi connectivity index (χ3v) is 2.63. The summed E-state index contributed by atoms with van der Waals surface area (Å²) in [7, 11) is 1.63. The van der Waals surface area contributed by atoms with E-state index in [0.29, 0.717) is 37.6 Å². The largest absolute Gasteiger partial charge is 0.398 e. The minimum Gasteiger partial charge on any atom is -0.398 e. The summed E-state index contributed by atoms with van der Waals surface area (Å²) in [6.45, 7) is 4.28. The lowest BCUT2D eigenvalue weighted by molar-refractivity contribution is 0.0688. The Hall–Kier alpha value is -1.59. The Morgan fingerprint density at radius 1 is 1.32 bits per heavy atom. The van der Waals surface area contributed by atoms with Crippen molar-refractivity contribution in [2.24, 2.45) is 0 Å². The highest BCUT2D eigenvalue weighted by molar-refractivity contribution is 5.99. The van der Waals surface area contributed by atoms with Crippen LogP contribution in [0.15, 0.2) is 18.2 Å². The maximum Gasteiger partial charge on any atom is 0.253 e. The van der Waals surface area contributed by atoms with Gasteiger partial charge in [-0.1, -0.05) is 6.07 Å². The number of nitrogens with one attached hydrogen (secondary N) is 1. The molecule has 0 saturated carbocycles. The van der Waals surface area contributed by atoms with E-state index in [4.69, 9.17) is 15.2 Å². The first kappa shape index (κ1) is 15.5. The zero-order valence-corrected chi connectivity index (χ0v) is 11.6. The molecule has 0 aliphatic carbocycles. The Balaban J connectivity index is 2.24. The summed E-state index contributed by atoms with van der Waals surface area (Å²) < 4.78 is 10.2. The summed E-state index contributed by atoms with van der Waals surface area (Å²) in [5, 5.41) is 2.82. The molecule has 0 unspecified atom stereocenters. The van der Waals surface area contributed by atoms with Gasteiger partial charge in [0.2, 0.25) is 0 Å². The van der Waals surface area contributed by atoms with Crippen LogP contribution < -0.4 is 11.1 Å². The van der Waals surface area contributed by atoms with Gasteiger partial charge in [-0.15, -0.1) is 0 Å². The van der Waals surface area contributed by atoms with Crippen LogP contribution in [-0.4, -0.2) is 39.4 Å². The highest BCUT2D eigenvalue weighted by Crippen LogP contribution is 2.13. The lowest BCUT2D eigenvalue weighted by atomic mass is 10.1. The van der Waals surface area contributed by atoms with Gasteiger partial charge in [-0.2, -0.15) is 0 Å². The Morgan fingerprint density at radius 2 is 2.11 bits per heavy atom. The van der Waals surface area contributed by atoms with Crippen molar-refractivity contribution < 1.29 is 14.3 Å². The van der Waals surface area contributed by atoms with Crippen molar-refractivity contribution in [2.45, 2.75) is 13.3 Å². The molecule has 19 heavy (non-hydrogen) atoms. The van der Waals surface area contributed by atoms with Crippen LogP contribution in [-0.2, 0) is 9.47 Å². The van der Waals surface area contributed by atoms with Crippen LogP contribution in [0.3, 0.4) is 0 Å². The topological polar surface area (TPSA) is 73.6 Å². The van der Waals surface area contributed by atoms with E-state index >= 15 is 0 Å². The number of carbonyl (C=O) groups excluding carboxylic acids is 1. The van der Waals surface area contributed by atoms with Crippen LogP contribution in [0, 0.1) is 6.92 Å². The highest BCUT2D eigenvalue weighted by Gasteiger charge is 2.08. The Kier molecular flexibility index (Phi) is 6.92. The van der Waals surface area contributed by atoms with Crippen LogP contribution in [0.1, 0.15) is 22.3 Å². The number of rotatable bonds is 8. The van der Waals surface area contributed by atoms with Crippen molar-refractivity contribution in [3.8, 4) is 0 Å². The van der Waals surface area contributed by atoms with Gasteiger partial charge < -0.3 is 20.5 Å². The lowest BCUT2D eigenvalue weighted by Gasteiger charge is -2.08. The molecule has 5 heteroatoms. The number of benzene rings is 1. The molecule has 0 aromatic heterocycles. The van der Waals surface area contributed by atoms with Gasteiger partial charge >= 0.3 is 0 Å². The smallest absolute Gasteiger partial charge is 0.253 e. The van der Waals surface area contributed by atoms with Crippen molar-refractivity contribution in [3.05, 3.63) is 29.3 Å². The Morgan fingerprint density at radius 3 is 2.79 bits per heavy atom. The molecule has 0 saturated heterocycles. The normalized spacial score (nSPS) is 10.4. The van der Waals surface area contributed by atoms with Crippen molar-refractivity contribution >= 4 is 11.6 Å². The fourth-order valence-corrected chi connectivity index (χ4v) is 1.60. The molecule has 0 radical (unpaired) electrons. The standard InChI is InChI=1S/C14H22N2O3/c1-11-4-5-12(13(15)10-11)14(17)16-6-3-7-19-9-8-18-2/h4-5,10H,3,6-9,15H2,1-2H3,(H,16,17). The molecule has 1 aromatic rings. The van der Waals surface area contributed by atoms with Gasteiger partial charge in [0.15, 0.2) is 0 Å². The van der Waals surface area contributed by atoms with E-state index in [-0.39, 0.29) is 5.91 Å². The molecule has 0 bridgehead atoms. The van der Waals surface area contributed by atoms with Crippen molar-refractivity contribution in [3.63, 3.8) is 0 Å². The quantitative estimate of drug-likeness (QED) is 0.550. The van der Waals surface area contributed by atoms with E-state index in [2.05, 4.69) is 5.32 Å². The number of carbonyl (C=O) groups is 1. The fraction of sp³-hybridized carbons (Fsp3) is 0.500. The van der Waals surface area contributed by atoms with Crippen LogP contribution in [0.25, 0.3) is 0 Å². The highest BCUT2D eigenvalue weighted by atomic mass is 16.5. The molecule has 0 atom stereocenters. The van der Waals surface area contributed by atoms with Crippen LogP contribution in [0.5, 0.6) is 0 Å². The van der Waals surface area contributed by atoms with Crippen molar-refractivity contribution in [2.75, 3.05) is 39.2 Å². The average Bonchev–Trinajstić information content (AvgIpc) is 2.37. The van der Waals surface area contributed by atoms with Gasteiger partial charge in [0, 0.05) is 25.9 Å². The van der Waals surface area contributed by atoms with Crippen LogP contribution >= 0.6 is 0 Å². The third kappa shape index (κ3) is 5.72. The van der Waals surface area contributed by atoms with Gasteiger partial charge in [0.25, 0.3) is 5.91 Å². The molecule has 0 aliphatic rings. The van der Waals surface area contributed by atoms with Crippen LogP contribution in [0.4, 0.5) is 5.69 Å². The van der Waals surface area contributed by atoms with E-state index in [1.165, 1.54) is 0 Å². The maximum absolute atomic E-state index is 11.9. The maximum atomic E-state index is 11.9. The molecule has 1 rings (SSSR count). The molecule has 106 valence electrons. The predicted octanol–water partition coefficient (Wildman–Crippen LogP) is 1.36. The van der Waals surface area contributed by atoms with Gasteiger partial charge in [0.1, 0.15) is 0 Å². The number of hydrogen-bond donors (Lipinski definition) is 2. The molecule has 5 nitrogen and oxygen atoms in total. The number of aryl methyl sites for hydroxylation is 1. The second kappa shape index (κ2) is 8.50. The first-order valence-corrected chi connectivity index (χ1v) is 6.36. The molecule has 0 spiro atoms. The van der Waals surface area contributed by atoms with Crippen molar-refractivity contribution in [1.29, 1.82) is 0 Å². The second-order valence-corrected chi connectivity index (χ2v) is 4.31. The summed E-state index contributed by atoms with van der Waals surface area (Å²) in [5.74, 6) is -0.144. The molecule has 0 fully saturated rings. The molecule has 0 aliphatic heterocycles. The van der Waals surface area contributed by atoms with E-state index in [1.54, 1.807) is 19.2 Å². The van der Waals surface area contributed by atoms with E-state index in [1.807, 2.05) is 13.0 Å². The summed E-state index contributed by atoms with van der Waals surface area (Å²) in [5.41, 5.74) is 7.88. The van der Waals surface area contributed by atoms with E-state index in [9.17, 15) is 4.79 Å². The van der Waals surface area contributed by atoms with Crippen molar-refractivity contribution in [1.82, 2.24) is 5.32 Å². The monoisotopic (exact) mass is 266 g/mol. The predicted molar refractivity (Wildman–Crippen MR) is 75.2 cm³/mol. The number of methoxy groups -OCH3 is 1. The van der Waals surface area contributed by atoms with Gasteiger partial charge in [0.05, 0.1) is 18.8 Å². The number of nitrogens with two attached hydrogens (primary N) is 1. The Labute approximate surface area is 114 Å². The molecular weight excluding hydrogens is 244 g/mol. The Bertz CT molecular complexity index is 408. The SMILES string of the molecule is COCCOCCCNC(=O)c1ccc(C)cc1N. The van der Waals surface area contributed by atoms with Gasteiger partial charge in [-0.3, -0.25) is 4.79 Å². The molecule has 3 N–H and O–H groups in total. The average molecular weight is 266 g/mol. The van der Waals surface area contributed by atoms with E-state index < -0.39 is 0 Å². The van der Waals surface area contributed by atoms with Gasteiger partial charge in [-0.25, -0.2) is 0 Å². The summed E-state index contributed by atoms with van der Waals surface area (Å²) in [6.07, 6.45) is 0.765. The molecule has 1 aromatic carbocycles. The number of hydrogen-bond acceptors (Lipinski definition) is 4. The number of nitrogen functional groups attached to an aromatic ring is 1. The fourth-order valence-electron chi connectivity index (χ4n) is 1.60. The number of anilines is 1. The molecule has 0 heterocycles. The lowest BCUT2D eigenvalue weighted by Crippen LogP contribution is -2.26. The third-order valence-electron chi connectivity index (χ3n) is 2.63.